The molecule has 0 spiro atoms. The first-order valence-corrected chi connectivity index (χ1v) is 10.7. The van der Waals surface area contributed by atoms with Crippen molar-refractivity contribution in [2.45, 2.75) is 33.1 Å². The minimum Gasteiger partial charge on any atom is -0.356 e. The van der Waals surface area contributed by atoms with Gasteiger partial charge in [-0.1, -0.05) is 6.92 Å². The molecule has 0 aromatic carbocycles. The Kier molecular flexibility index (Phi) is 9.24. The third-order valence-electron chi connectivity index (χ3n) is 3.59. The van der Waals surface area contributed by atoms with Crippen LogP contribution in [0.3, 0.4) is 0 Å². The molecular formula is C15H29N5O2S2. The Hall–Kier alpha value is -1.19. The van der Waals surface area contributed by atoms with Gasteiger partial charge in [0.2, 0.25) is 10.0 Å². The summed E-state index contributed by atoms with van der Waals surface area (Å²) in [5.74, 6) is 0.861. The Bertz CT molecular complexity index is 613. The number of guanidine groups is 1. The van der Waals surface area contributed by atoms with Gasteiger partial charge in [-0.3, -0.25) is 4.99 Å². The highest BCUT2D eigenvalue weighted by atomic mass is 32.2. The van der Waals surface area contributed by atoms with E-state index >= 15 is 0 Å². The van der Waals surface area contributed by atoms with Crippen LogP contribution in [0.25, 0.3) is 0 Å². The Labute approximate surface area is 149 Å². The highest BCUT2D eigenvalue weighted by molar-refractivity contribution is 7.89. The first kappa shape index (κ1) is 20.9. The van der Waals surface area contributed by atoms with Gasteiger partial charge in [-0.2, -0.15) is 0 Å². The molecule has 0 fully saturated rings. The number of sulfonamides is 1. The summed E-state index contributed by atoms with van der Waals surface area (Å²) >= 11 is 1.75. The second-order valence-electron chi connectivity index (χ2n) is 5.33. The summed E-state index contributed by atoms with van der Waals surface area (Å²) in [4.78, 5) is 9.86. The summed E-state index contributed by atoms with van der Waals surface area (Å²) in [6.07, 6.45) is 4.55. The van der Waals surface area contributed by atoms with Gasteiger partial charge in [-0.15, -0.1) is 11.3 Å². The van der Waals surface area contributed by atoms with Crippen LogP contribution < -0.4 is 10.6 Å². The van der Waals surface area contributed by atoms with E-state index in [0.29, 0.717) is 13.1 Å². The van der Waals surface area contributed by atoms with Crippen LogP contribution in [0.15, 0.2) is 11.2 Å². The smallest absolute Gasteiger partial charge is 0.213 e. The number of thiazole rings is 1. The highest BCUT2D eigenvalue weighted by Gasteiger charge is 2.13. The minimum atomic E-state index is -3.10. The molecule has 0 aliphatic carbocycles. The highest BCUT2D eigenvalue weighted by Crippen LogP contribution is 2.13. The van der Waals surface area contributed by atoms with Crippen LogP contribution in [0.4, 0.5) is 0 Å². The van der Waals surface area contributed by atoms with Gasteiger partial charge in [-0.05, 0) is 19.8 Å². The molecule has 1 aromatic heterocycles. The van der Waals surface area contributed by atoms with Crippen LogP contribution in [0.2, 0.25) is 0 Å². The summed E-state index contributed by atoms with van der Waals surface area (Å²) < 4.78 is 24.7. The Morgan fingerprint density at radius 1 is 1.33 bits per heavy atom. The van der Waals surface area contributed by atoms with Crippen molar-refractivity contribution in [3.05, 3.63) is 16.1 Å². The van der Waals surface area contributed by atoms with Crippen LogP contribution in [-0.2, 0) is 22.9 Å². The minimum absolute atomic E-state index is 0.136. The van der Waals surface area contributed by atoms with Crippen molar-refractivity contribution in [3.63, 3.8) is 0 Å². The maximum absolute atomic E-state index is 11.6. The summed E-state index contributed by atoms with van der Waals surface area (Å²) in [6, 6.07) is 0. The van der Waals surface area contributed by atoms with E-state index in [1.807, 2.05) is 6.20 Å². The lowest BCUT2D eigenvalue weighted by atomic mass is 10.4. The molecule has 0 amide bonds. The molecule has 9 heteroatoms. The second kappa shape index (κ2) is 10.6. The molecule has 1 aromatic rings. The lowest BCUT2D eigenvalue weighted by molar-refractivity contribution is 0.461. The van der Waals surface area contributed by atoms with Crippen LogP contribution >= 0.6 is 11.3 Å². The molecule has 1 rings (SSSR count). The Morgan fingerprint density at radius 2 is 2.04 bits per heavy atom. The van der Waals surface area contributed by atoms with Gasteiger partial charge in [0, 0.05) is 51.2 Å². The summed E-state index contributed by atoms with van der Waals surface area (Å²) in [5, 5.41) is 7.57. The predicted molar refractivity (Wildman–Crippen MR) is 101 cm³/mol. The average molecular weight is 376 g/mol. The summed E-state index contributed by atoms with van der Waals surface area (Å²) in [6.45, 7) is 5.71. The van der Waals surface area contributed by atoms with E-state index < -0.39 is 10.0 Å². The first-order chi connectivity index (χ1) is 11.4. The van der Waals surface area contributed by atoms with E-state index in [1.54, 1.807) is 32.4 Å². The van der Waals surface area contributed by atoms with Crippen molar-refractivity contribution < 1.29 is 8.42 Å². The van der Waals surface area contributed by atoms with E-state index in [4.69, 9.17) is 0 Å². The van der Waals surface area contributed by atoms with Crippen LogP contribution in [0.1, 0.15) is 30.2 Å². The molecule has 1 heterocycles. The number of nitrogens with one attached hydrogen (secondary N) is 2. The lowest BCUT2D eigenvalue weighted by Gasteiger charge is -2.16. The van der Waals surface area contributed by atoms with Crippen molar-refractivity contribution in [3.8, 4) is 0 Å². The number of hydrogen-bond donors (Lipinski definition) is 2. The lowest BCUT2D eigenvalue weighted by Crippen LogP contribution is -2.39. The standard InChI is InChI=1S/C15H29N5O2S2/c1-5-13-12-19-14(23-13)8-10-18-15(16-3)17-9-7-11-20(4)24(21,22)6-2/h12H,5-11H2,1-4H3,(H2,16,17,18). The molecule has 24 heavy (non-hydrogen) atoms. The predicted octanol–water partition coefficient (Wildman–Crippen LogP) is 1.08. The number of rotatable bonds is 10. The molecule has 7 nitrogen and oxygen atoms in total. The van der Waals surface area contributed by atoms with E-state index in [9.17, 15) is 8.42 Å². The molecular weight excluding hydrogens is 346 g/mol. The van der Waals surface area contributed by atoms with Crippen molar-refractivity contribution in [2.24, 2.45) is 4.99 Å². The largest absolute Gasteiger partial charge is 0.356 e. The zero-order chi connectivity index (χ0) is 18.0. The third-order valence-corrected chi connectivity index (χ3v) is 6.65. The second-order valence-corrected chi connectivity index (χ2v) is 8.89. The van der Waals surface area contributed by atoms with Crippen molar-refractivity contribution in [2.75, 3.05) is 39.5 Å². The first-order valence-electron chi connectivity index (χ1n) is 8.25. The number of aliphatic imine (C=N–C) groups is 1. The van der Waals surface area contributed by atoms with Crippen molar-refractivity contribution in [1.29, 1.82) is 0 Å². The van der Waals surface area contributed by atoms with Gasteiger partial charge in [-0.25, -0.2) is 17.7 Å². The molecule has 0 aliphatic heterocycles. The van der Waals surface area contributed by atoms with Crippen LogP contribution in [0.5, 0.6) is 0 Å². The maximum atomic E-state index is 11.6. The average Bonchev–Trinajstić information content (AvgIpc) is 3.04. The molecule has 138 valence electrons. The topological polar surface area (TPSA) is 86.7 Å². The maximum Gasteiger partial charge on any atom is 0.213 e. The van der Waals surface area contributed by atoms with Crippen LogP contribution in [-0.4, -0.2) is 63.1 Å². The van der Waals surface area contributed by atoms with Crippen molar-refractivity contribution >= 4 is 27.3 Å². The van der Waals surface area contributed by atoms with E-state index in [2.05, 4.69) is 27.5 Å². The van der Waals surface area contributed by atoms with Gasteiger partial charge < -0.3 is 10.6 Å². The van der Waals surface area contributed by atoms with E-state index in [-0.39, 0.29) is 5.75 Å². The Balaban J connectivity index is 2.23. The normalized spacial score (nSPS) is 12.6. The zero-order valence-corrected chi connectivity index (χ0v) is 16.6. The fraction of sp³-hybridized carbons (Fsp3) is 0.733. The third kappa shape index (κ3) is 7.14. The SMILES string of the molecule is CCc1cnc(CCNC(=NC)NCCCN(C)S(=O)(=O)CC)s1. The molecule has 0 unspecified atom stereocenters. The Morgan fingerprint density at radius 3 is 2.62 bits per heavy atom. The molecule has 0 saturated carbocycles. The molecule has 0 radical (unpaired) electrons. The fourth-order valence-electron chi connectivity index (χ4n) is 2.00. The quantitative estimate of drug-likeness (QED) is 0.363. The zero-order valence-electron chi connectivity index (χ0n) is 15.0. The molecule has 2 N–H and O–H groups in total. The van der Waals surface area contributed by atoms with Gasteiger partial charge in [0.05, 0.1) is 10.8 Å². The monoisotopic (exact) mass is 375 g/mol. The molecule has 0 atom stereocenters. The molecule has 0 aliphatic rings. The van der Waals surface area contributed by atoms with Gasteiger partial charge in [0.1, 0.15) is 0 Å². The van der Waals surface area contributed by atoms with E-state index in [1.165, 1.54) is 9.18 Å². The summed E-state index contributed by atoms with van der Waals surface area (Å²) in [7, 11) is 0.244. The molecule has 0 saturated heterocycles. The number of hydrogen-bond acceptors (Lipinski definition) is 5. The van der Waals surface area contributed by atoms with Crippen molar-refractivity contribution in [1.82, 2.24) is 19.9 Å². The van der Waals surface area contributed by atoms with Gasteiger partial charge in [0.25, 0.3) is 0 Å². The fourth-order valence-corrected chi connectivity index (χ4v) is 3.71. The van der Waals surface area contributed by atoms with Gasteiger partial charge in [0.15, 0.2) is 5.96 Å². The summed E-state index contributed by atoms with van der Waals surface area (Å²) in [5.41, 5.74) is 0. The number of aromatic nitrogens is 1. The molecule has 0 bridgehead atoms. The number of nitrogens with zero attached hydrogens (tertiary/aromatic N) is 3. The van der Waals surface area contributed by atoms with Crippen LogP contribution in [0, 0.1) is 0 Å². The number of aryl methyl sites for hydroxylation is 1. The van der Waals surface area contributed by atoms with Gasteiger partial charge >= 0.3 is 0 Å². The van der Waals surface area contributed by atoms with E-state index in [0.717, 1.165) is 36.8 Å².